The Morgan fingerprint density at radius 3 is 2.63 bits per heavy atom. The quantitative estimate of drug-likeness (QED) is 0.766. The van der Waals surface area contributed by atoms with Crippen LogP contribution < -0.4 is 10.1 Å². The summed E-state index contributed by atoms with van der Waals surface area (Å²) in [4.78, 5) is 15.1. The first-order valence-corrected chi connectivity index (χ1v) is 11.0. The number of fused-ring (bicyclic) bond motifs is 1. The lowest BCUT2D eigenvalue weighted by Gasteiger charge is -2.33. The van der Waals surface area contributed by atoms with E-state index >= 15 is 0 Å². The molecule has 1 fully saturated rings. The van der Waals surface area contributed by atoms with E-state index < -0.39 is 0 Å². The highest BCUT2D eigenvalue weighted by molar-refractivity contribution is 5.77. The number of halogens is 1. The van der Waals surface area contributed by atoms with E-state index in [1.54, 1.807) is 7.11 Å². The monoisotopic (exact) mass is 410 g/mol. The third kappa shape index (κ3) is 5.20. The number of ether oxygens (including phenoxy) is 1. The molecule has 2 aromatic rings. The zero-order chi connectivity index (χ0) is 20.9. The summed E-state index contributed by atoms with van der Waals surface area (Å²) in [7, 11) is 1.69. The largest absolute Gasteiger partial charge is 0.497 e. The van der Waals surface area contributed by atoms with Gasteiger partial charge in [-0.1, -0.05) is 18.2 Å². The molecule has 160 valence electrons. The van der Waals surface area contributed by atoms with Gasteiger partial charge in [-0.15, -0.1) is 0 Å². The second-order valence-electron chi connectivity index (χ2n) is 8.60. The summed E-state index contributed by atoms with van der Waals surface area (Å²) in [5.41, 5.74) is 3.77. The molecule has 4 nitrogen and oxygen atoms in total. The lowest BCUT2D eigenvalue weighted by Crippen LogP contribution is -2.44. The molecule has 1 aliphatic carbocycles. The van der Waals surface area contributed by atoms with Crippen LogP contribution in [-0.4, -0.2) is 37.0 Å². The van der Waals surface area contributed by atoms with Gasteiger partial charge in [-0.2, -0.15) is 0 Å². The van der Waals surface area contributed by atoms with Gasteiger partial charge in [0.05, 0.1) is 7.11 Å². The molecule has 1 amide bonds. The van der Waals surface area contributed by atoms with Crippen molar-refractivity contribution in [2.45, 2.75) is 57.0 Å². The van der Waals surface area contributed by atoms with E-state index in [0.717, 1.165) is 63.1 Å². The fourth-order valence-electron chi connectivity index (χ4n) is 4.82. The summed E-state index contributed by atoms with van der Waals surface area (Å²) in [6, 6.07) is 13.2. The van der Waals surface area contributed by atoms with Crippen LogP contribution in [0.4, 0.5) is 4.39 Å². The fourth-order valence-corrected chi connectivity index (χ4v) is 4.82. The van der Waals surface area contributed by atoms with Gasteiger partial charge in [-0.25, -0.2) is 4.39 Å². The standard InChI is InChI=1S/C25H31FN2O2/c1-30-23-9-10-24-19(15-23)3-2-4-20(24)16-25(29)27-22-11-13-28(14-12-22)17-18-5-7-21(26)8-6-18/h5-10,15,20,22H,2-4,11-14,16-17H2,1H3,(H,27,29). The van der Waals surface area contributed by atoms with Crippen molar-refractivity contribution in [3.8, 4) is 5.75 Å². The first kappa shape index (κ1) is 20.9. The molecule has 30 heavy (non-hydrogen) atoms. The minimum atomic E-state index is -0.195. The summed E-state index contributed by atoms with van der Waals surface area (Å²) in [6.45, 7) is 2.74. The topological polar surface area (TPSA) is 41.6 Å². The molecule has 5 heteroatoms. The Labute approximate surface area is 178 Å². The molecule has 1 unspecified atom stereocenters. The summed E-state index contributed by atoms with van der Waals surface area (Å²) >= 11 is 0. The molecule has 4 rings (SSSR count). The third-order valence-electron chi connectivity index (χ3n) is 6.49. The Morgan fingerprint density at radius 1 is 1.13 bits per heavy atom. The van der Waals surface area contributed by atoms with Crippen LogP contribution in [0.2, 0.25) is 0 Å². The Kier molecular flexibility index (Phi) is 6.68. The number of nitrogens with zero attached hydrogens (tertiary/aromatic N) is 1. The second-order valence-corrected chi connectivity index (χ2v) is 8.60. The van der Waals surface area contributed by atoms with Crippen LogP contribution in [0.15, 0.2) is 42.5 Å². The Balaban J connectivity index is 1.25. The van der Waals surface area contributed by atoms with Crippen molar-refractivity contribution in [2.24, 2.45) is 0 Å². The SMILES string of the molecule is COc1ccc2c(c1)CCCC2CC(=O)NC1CCN(Cc2ccc(F)cc2)CC1. The number of piperidine rings is 1. The number of methoxy groups -OCH3 is 1. The van der Waals surface area contributed by atoms with E-state index in [1.807, 2.05) is 18.2 Å². The Hall–Kier alpha value is -2.40. The molecule has 0 spiro atoms. The van der Waals surface area contributed by atoms with Gasteiger partial charge in [0.1, 0.15) is 11.6 Å². The summed E-state index contributed by atoms with van der Waals surface area (Å²) in [5.74, 6) is 1.17. The normalized spacial score (nSPS) is 19.9. The van der Waals surface area contributed by atoms with E-state index in [-0.39, 0.29) is 17.8 Å². The number of nitrogens with one attached hydrogen (secondary N) is 1. The Morgan fingerprint density at radius 2 is 1.90 bits per heavy atom. The van der Waals surface area contributed by atoms with E-state index in [2.05, 4.69) is 22.3 Å². The van der Waals surface area contributed by atoms with Crippen LogP contribution in [0.25, 0.3) is 0 Å². The first-order chi connectivity index (χ1) is 14.6. The lowest BCUT2D eigenvalue weighted by atomic mass is 9.81. The third-order valence-corrected chi connectivity index (χ3v) is 6.49. The van der Waals surface area contributed by atoms with E-state index in [9.17, 15) is 9.18 Å². The van der Waals surface area contributed by atoms with Crippen LogP contribution in [0.1, 0.15) is 54.7 Å². The molecular formula is C25H31FN2O2. The predicted molar refractivity (Wildman–Crippen MR) is 116 cm³/mol. The molecule has 1 heterocycles. The van der Waals surface area contributed by atoms with Crippen LogP contribution in [0.3, 0.4) is 0 Å². The van der Waals surface area contributed by atoms with Crippen molar-refractivity contribution in [3.63, 3.8) is 0 Å². The Bertz CT molecular complexity index is 860. The maximum Gasteiger partial charge on any atom is 0.220 e. The molecule has 0 radical (unpaired) electrons. The highest BCUT2D eigenvalue weighted by atomic mass is 19.1. The van der Waals surface area contributed by atoms with Gasteiger partial charge in [0, 0.05) is 32.1 Å². The van der Waals surface area contributed by atoms with Crippen molar-refractivity contribution in [2.75, 3.05) is 20.2 Å². The molecule has 1 saturated heterocycles. The molecular weight excluding hydrogens is 379 g/mol. The van der Waals surface area contributed by atoms with Crippen molar-refractivity contribution in [1.29, 1.82) is 0 Å². The smallest absolute Gasteiger partial charge is 0.220 e. The minimum Gasteiger partial charge on any atom is -0.497 e. The molecule has 0 saturated carbocycles. The molecule has 2 aromatic carbocycles. The average molecular weight is 411 g/mol. The number of likely N-dealkylation sites (tertiary alicyclic amines) is 1. The number of hydrogen-bond acceptors (Lipinski definition) is 3. The summed E-state index contributed by atoms with van der Waals surface area (Å²) in [5, 5.41) is 3.27. The first-order valence-electron chi connectivity index (χ1n) is 11.0. The van der Waals surface area contributed by atoms with E-state index in [1.165, 1.54) is 23.3 Å². The maximum absolute atomic E-state index is 13.1. The lowest BCUT2D eigenvalue weighted by molar-refractivity contribution is -0.122. The van der Waals surface area contributed by atoms with Gasteiger partial charge in [0.15, 0.2) is 0 Å². The number of benzene rings is 2. The number of aryl methyl sites for hydroxylation is 1. The van der Waals surface area contributed by atoms with Gasteiger partial charge >= 0.3 is 0 Å². The van der Waals surface area contributed by atoms with Gasteiger partial charge in [0.2, 0.25) is 5.91 Å². The fraction of sp³-hybridized carbons (Fsp3) is 0.480. The molecule has 0 aromatic heterocycles. The average Bonchev–Trinajstić information content (AvgIpc) is 2.76. The summed E-state index contributed by atoms with van der Waals surface area (Å²) < 4.78 is 18.4. The molecule has 2 aliphatic rings. The van der Waals surface area contributed by atoms with Crippen LogP contribution in [-0.2, 0) is 17.8 Å². The zero-order valence-electron chi connectivity index (χ0n) is 17.7. The highest BCUT2D eigenvalue weighted by Crippen LogP contribution is 2.35. The van der Waals surface area contributed by atoms with E-state index in [4.69, 9.17) is 4.74 Å². The minimum absolute atomic E-state index is 0.167. The van der Waals surface area contributed by atoms with E-state index in [0.29, 0.717) is 12.3 Å². The van der Waals surface area contributed by atoms with Gasteiger partial charge in [-0.05, 0) is 79.0 Å². The second kappa shape index (κ2) is 9.61. The number of carbonyl (C=O) groups excluding carboxylic acids is 1. The number of hydrogen-bond donors (Lipinski definition) is 1. The number of amides is 1. The van der Waals surface area contributed by atoms with Crippen molar-refractivity contribution in [3.05, 3.63) is 65.0 Å². The van der Waals surface area contributed by atoms with Gasteiger partial charge < -0.3 is 10.1 Å². The molecule has 1 atom stereocenters. The summed E-state index contributed by atoms with van der Waals surface area (Å²) in [6.07, 6.45) is 5.76. The van der Waals surface area contributed by atoms with Crippen molar-refractivity contribution < 1.29 is 13.9 Å². The van der Waals surface area contributed by atoms with Gasteiger partial charge in [0.25, 0.3) is 0 Å². The number of rotatable bonds is 6. The molecule has 1 aliphatic heterocycles. The zero-order valence-corrected chi connectivity index (χ0v) is 17.7. The molecule has 1 N–H and O–H groups in total. The molecule has 0 bridgehead atoms. The van der Waals surface area contributed by atoms with Crippen LogP contribution in [0.5, 0.6) is 5.75 Å². The predicted octanol–water partition coefficient (Wildman–Crippen LogP) is 4.43. The van der Waals surface area contributed by atoms with Crippen molar-refractivity contribution >= 4 is 5.91 Å². The van der Waals surface area contributed by atoms with Gasteiger partial charge in [-0.3, -0.25) is 9.69 Å². The number of carbonyl (C=O) groups is 1. The van der Waals surface area contributed by atoms with Crippen LogP contribution in [0, 0.1) is 5.82 Å². The van der Waals surface area contributed by atoms with Crippen LogP contribution >= 0.6 is 0 Å². The maximum atomic E-state index is 13.1. The highest BCUT2D eigenvalue weighted by Gasteiger charge is 2.25. The van der Waals surface area contributed by atoms with Crippen molar-refractivity contribution in [1.82, 2.24) is 10.2 Å².